The topological polar surface area (TPSA) is 59.8 Å². The Morgan fingerprint density at radius 2 is 2.04 bits per heavy atom. The zero-order valence-corrected chi connectivity index (χ0v) is 15.1. The van der Waals surface area contributed by atoms with E-state index in [9.17, 15) is 18.0 Å². The lowest BCUT2D eigenvalue weighted by atomic mass is 10.2. The zero-order valence-electron chi connectivity index (χ0n) is 14.3. The van der Waals surface area contributed by atoms with E-state index in [-0.39, 0.29) is 0 Å². The van der Waals surface area contributed by atoms with Gasteiger partial charge in [0.15, 0.2) is 5.82 Å². The van der Waals surface area contributed by atoms with Crippen molar-refractivity contribution in [1.82, 2.24) is 14.5 Å². The summed E-state index contributed by atoms with van der Waals surface area (Å²) in [7, 11) is 0. The van der Waals surface area contributed by atoms with Gasteiger partial charge in [0.05, 0.1) is 6.33 Å². The highest BCUT2D eigenvalue weighted by molar-refractivity contribution is 6.30. The minimum absolute atomic E-state index is 0.349. The summed E-state index contributed by atoms with van der Waals surface area (Å²) in [5, 5.41) is 3.21. The molecule has 5 nitrogen and oxygen atoms in total. The Balaban J connectivity index is 1.58. The lowest BCUT2D eigenvalue weighted by Gasteiger charge is -2.04. The molecule has 0 aliphatic heterocycles. The fourth-order valence-corrected chi connectivity index (χ4v) is 2.58. The maximum absolute atomic E-state index is 12.5. The minimum Gasteiger partial charge on any atom is -0.331 e. The Morgan fingerprint density at radius 1 is 1.21 bits per heavy atom. The van der Waals surface area contributed by atoms with Crippen LogP contribution in [0.2, 0.25) is 5.02 Å². The van der Waals surface area contributed by atoms with Gasteiger partial charge < -0.3 is 9.88 Å². The van der Waals surface area contributed by atoms with Crippen LogP contribution in [0.5, 0.6) is 0 Å². The lowest BCUT2D eigenvalue weighted by Crippen LogP contribution is -2.08. The molecule has 0 saturated heterocycles. The fraction of sp³-hybridized carbons (Fsp3) is 0.105. The summed E-state index contributed by atoms with van der Waals surface area (Å²) in [5.74, 6) is -0.116. The summed E-state index contributed by atoms with van der Waals surface area (Å²) in [6, 6.07) is 9.47. The molecular weight excluding hydrogens is 393 g/mol. The number of carbonyl (C=O) groups excluding carboxylic acids is 1. The van der Waals surface area contributed by atoms with Gasteiger partial charge >= 0.3 is 6.18 Å². The Hall–Kier alpha value is -3.13. The third kappa shape index (κ3) is 5.43. The summed E-state index contributed by atoms with van der Waals surface area (Å²) in [6.45, 7) is 0.538. The number of aromatic nitrogens is 3. The van der Waals surface area contributed by atoms with Crippen LogP contribution < -0.4 is 5.32 Å². The van der Waals surface area contributed by atoms with Crippen molar-refractivity contribution in [3.05, 3.63) is 83.0 Å². The number of anilines is 1. The van der Waals surface area contributed by atoms with E-state index < -0.39 is 17.8 Å². The molecule has 1 aromatic carbocycles. The number of rotatable bonds is 5. The third-order valence-corrected chi connectivity index (χ3v) is 3.88. The van der Waals surface area contributed by atoms with Gasteiger partial charge in [-0.15, -0.1) is 0 Å². The van der Waals surface area contributed by atoms with Crippen LogP contribution in [0.1, 0.15) is 16.8 Å². The lowest BCUT2D eigenvalue weighted by molar-refractivity contribution is -0.141. The number of hydrogen-bond donors (Lipinski definition) is 1. The van der Waals surface area contributed by atoms with E-state index in [0.717, 1.165) is 17.8 Å². The molecule has 9 heteroatoms. The number of pyridine rings is 1. The first kappa shape index (κ1) is 19.6. The highest BCUT2D eigenvalue weighted by Gasteiger charge is 2.31. The highest BCUT2D eigenvalue weighted by atomic mass is 35.5. The molecule has 144 valence electrons. The van der Waals surface area contributed by atoms with Gasteiger partial charge in [-0.1, -0.05) is 29.8 Å². The molecule has 28 heavy (non-hydrogen) atoms. The maximum atomic E-state index is 12.5. The molecule has 0 saturated carbocycles. The van der Waals surface area contributed by atoms with Gasteiger partial charge in [-0.25, -0.2) is 4.98 Å². The van der Waals surface area contributed by atoms with Crippen molar-refractivity contribution >= 4 is 29.4 Å². The summed E-state index contributed by atoms with van der Waals surface area (Å²) in [6.07, 6.45) is 2.34. The predicted octanol–water partition coefficient (Wildman–Crippen LogP) is 4.65. The number of nitrogens with one attached hydrogen (secondary N) is 1. The standard InChI is InChI=1S/C19H14ClF3N4O/c20-15-3-1-2-14(8-15)10-27-11-17(25-12-27)26-18(28)7-5-13-4-6-16(24-9-13)19(21,22)23/h1-9,11-12H,10H2,(H,26,28)/b7-5+. The maximum Gasteiger partial charge on any atom is 0.433 e. The van der Waals surface area contributed by atoms with Gasteiger partial charge in [-0.3, -0.25) is 9.78 Å². The first-order chi connectivity index (χ1) is 13.3. The van der Waals surface area contributed by atoms with Gasteiger partial charge in [0, 0.05) is 30.0 Å². The van der Waals surface area contributed by atoms with Gasteiger partial charge in [0.1, 0.15) is 5.69 Å². The number of benzene rings is 1. The molecule has 0 spiro atoms. The molecule has 0 radical (unpaired) electrons. The van der Waals surface area contributed by atoms with E-state index in [1.54, 1.807) is 23.2 Å². The number of hydrogen-bond acceptors (Lipinski definition) is 3. The van der Waals surface area contributed by atoms with E-state index in [0.29, 0.717) is 22.9 Å². The average Bonchev–Trinajstić information content (AvgIpc) is 3.06. The van der Waals surface area contributed by atoms with E-state index in [1.165, 1.54) is 18.2 Å². The molecule has 1 N–H and O–H groups in total. The number of halogens is 4. The number of nitrogens with zero attached hydrogens (tertiary/aromatic N) is 3. The molecular formula is C19H14ClF3N4O. The quantitative estimate of drug-likeness (QED) is 0.627. The fourth-order valence-electron chi connectivity index (χ4n) is 2.37. The van der Waals surface area contributed by atoms with E-state index in [4.69, 9.17) is 11.6 Å². The van der Waals surface area contributed by atoms with Crippen molar-refractivity contribution in [2.75, 3.05) is 5.32 Å². The van der Waals surface area contributed by atoms with Gasteiger partial charge in [0.2, 0.25) is 5.91 Å². The predicted molar refractivity (Wildman–Crippen MR) is 99.7 cm³/mol. The first-order valence-corrected chi connectivity index (χ1v) is 8.46. The second-order valence-corrected chi connectivity index (χ2v) is 6.29. The monoisotopic (exact) mass is 406 g/mol. The number of carbonyl (C=O) groups is 1. The van der Waals surface area contributed by atoms with Crippen LogP contribution in [-0.4, -0.2) is 20.4 Å². The smallest absolute Gasteiger partial charge is 0.331 e. The van der Waals surface area contributed by atoms with Gasteiger partial charge in [-0.2, -0.15) is 13.2 Å². The van der Waals surface area contributed by atoms with Crippen molar-refractivity contribution in [3.8, 4) is 0 Å². The second-order valence-electron chi connectivity index (χ2n) is 5.86. The average molecular weight is 407 g/mol. The van der Waals surface area contributed by atoms with Crippen molar-refractivity contribution in [3.63, 3.8) is 0 Å². The van der Waals surface area contributed by atoms with Gasteiger partial charge in [-0.05, 0) is 35.4 Å². The summed E-state index contributed by atoms with van der Waals surface area (Å²) in [5.41, 5.74) is 0.367. The minimum atomic E-state index is -4.50. The molecule has 0 atom stereocenters. The van der Waals surface area contributed by atoms with Gasteiger partial charge in [0.25, 0.3) is 0 Å². The van der Waals surface area contributed by atoms with Crippen LogP contribution in [0.15, 0.2) is 61.2 Å². The Kier molecular flexibility index (Phi) is 5.79. The summed E-state index contributed by atoms with van der Waals surface area (Å²) < 4.78 is 39.2. The highest BCUT2D eigenvalue weighted by Crippen LogP contribution is 2.27. The zero-order chi connectivity index (χ0) is 20.1. The van der Waals surface area contributed by atoms with Crippen molar-refractivity contribution in [2.45, 2.75) is 12.7 Å². The van der Waals surface area contributed by atoms with Crippen LogP contribution in [-0.2, 0) is 17.5 Å². The second kappa shape index (κ2) is 8.26. The van der Waals surface area contributed by atoms with Crippen LogP contribution in [0, 0.1) is 0 Å². The summed E-state index contributed by atoms with van der Waals surface area (Å²) in [4.78, 5) is 19.4. The first-order valence-electron chi connectivity index (χ1n) is 8.08. The SMILES string of the molecule is O=C(/C=C/c1ccc(C(F)(F)F)nc1)Nc1cn(Cc2cccc(Cl)c2)cn1. The Morgan fingerprint density at radius 3 is 2.71 bits per heavy atom. The largest absolute Gasteiger partial charge is 0.433 e. The Bertz CT molecular complexity index is 997. The van der Waals surface area contributed by atoms with Crippen molar-refractivity contribution < 1.29 is 18.0 Å². The molecule has 3 aromatic rings. The molecule has 2 aromatic heterocycles. The molecule has 2 heterocycles. The molecule has 0 aliphatic rings. The molecule has 0 fully saturated rings. The van der Waals surface area contributed by atoms with E-state index in [1.807, 2.05) is 18.2 Å². The number of amides is 1. The molecule has 3 rings (SSSR count). The van der Waals surface area contributed by atoms with Crippen LogP contribution in [0.25, 0.3) is 6.08 Å². The van der Waals surface area contributed by atoms with Crippen LogP contribution in [0.4, 0.5) is 19.0 Å². The molecule has 1 amide bonds. The molecule has 0 bridgehead atoms. The number of alkyl halides is 3. The van der Waals surface area contributed by atoms with Crippen LogP contribution in [0.3, 0.4) is 0 Å². The van der Waals surface area contributed by atoms with Crippen LogP contribution >= 0.6 is 11.6 Å². The normalized spacial score (nSPS) is 11.7. The molecule has 0 unspecified atom stereocenters. The summed E-state index contributed by atoms with van der Waals surface area (Å²) >= 11 is 5.95. The van der Waals surface area contributed by atoms with E-state index >= 15 is 0 Å². The molecule has 0 aliphatic carbocycles. The third-order valence-electron chi connectivity index (χ3n) is 3.64. The number of imidazole rings is 1. The Labute approximate surface area is 163 Å². The van der Waals surface area contributed by atoms with Crippen molar-refractivity contribution in [2.24, 2.45) is 0 Å². The van der Waals surface area contributed by atoms with E-state index in [2.05, 4.69) is 15.3 Å². The van der Waals surface area contributed by atoms with Crippen molar-refractivity contribution in [1.29, 1.82) is 0 Å².